The molecule has 1 aromatic rings. The Labute approximate surface area is 67.9 Å². The molecule has 0 aliphatic heterocycles. The van der Waals surface area contributed by atoms with E-state index >= 15 is 0 Å². The van der Waals surface area contributed by atoms with Crippen molar-refractivity contribution in [1.29, 1.82) is 0 Å². The van der Waals surface area contributed by atoms with Gasteiger partial charge in [0.15, 0.2) is 0 Å². The van der Waals surface area contributed by atoms with E-state index < -0.39 is 5.91 Å². The largest absolute Gasteiger partial charge is 0.285 e. The number of hydrogen-bond donors (Lipinski definition) is 0. The van der Waals surface area contributed by atoms with Gasteiger partial charge in [0.1, 0.15) is 5.69 Å². The van der Waals surface area contributed by atoms with Gasteiger partial charge in [-0.3, -0.25) is 9.78 Å². The Kier molecular flexibility index (Phi) is 2.35. The molecule has 60 valence electrons. The zero-order valence-electron chi connectivity index (χ0n) is 6.30. The molecular weight excluding hydrogens is 158 g/mol. The van der Waals surface area contributed by atoms with Gasteiger partial charge >= 0.3 is 0 Å². The van der Waals surface area contributed by atoms with E-state index in [9.17, 15) is 4.79 Å². The van der Waals surface area contributed by atoms with Gasteiger partial charge in [0.2, 0.25) is 0 Å². The van der Waals surface area contributed by atoms with Crippen molar-refractivity contribution in [3.05, 3.63) is 34.2 Å². The molecular formula is C6H5N5O. The van der Waals surface area contributed by atoms with Crippen LogP contribution in [0.1, 0.15) is 16.2 Å². The van der Waals surface area contributed by atoms with Gasteiger partial charge in [-0.05, 0) is 17.6 Å². The van der Waals surface area contributed by atoms with Crippen molar-refractivity contribution >= 4 is 5.91 Å². The topological polar surface area (TPSA) is 91.6 Å². The fourth-order valence-corrected chi connectivity index (χ4v) is 0.706. The second kappa shape index (κ2) is 3.45. The molecule has 6 nitrogen and oxygen atoms in total. The monoisotopic (exact) mass is 163 g/mol. The highest BCUT2D eigenvalue weighted by molar-refractivity contribution is 5.93. The number of carbonyl (C=O) groups excluding carboxylic acids is 1. The molecule has 12 heavy (non-hydrogen) atoms. The summed E-state index contributed by atoms with van der Waals surface area (Å²) < 4.78 is 0. The number of rotatable bonds is 1. The average Bonchev–Trinajstić information content (AvgIpc) is 2.05. The molecule has 0 unspecified atom stereocenters. The van der Waals surface area contributed by atoms with Crippen LogP contribution < -0.4 is 0 Å². The first-order valence-corrected chi connectivity index (χ1v) is 3.12. The molecule has 0 aliphatic rings. The number of aromatic nitrogens is 2. The number of nitrogens with zero attached hydrogens (tertiary/aromatic N) is 5. The van der Waals surface area contributed by atoms with E-state index in [0.717, 1.165) is 0 Å². The van der Waals surface area contributed by atoms with E-state index in [1.165, 1.54) is 12.4 Å². The smallest absolute Gasteiger partial charge is 0.269 e. The fraction of sp³-hybridized carbons (Fsp3) is 0.167. The molecule has 0 bridgehead atoms. The van der Waals surface area contributed by atoms with Gasteiger partial charge < -0.3 is 0 Å². The minimum atomic E-state index is -0.705. The van der Waals surface area contributed by atoms with Crippen LogP contribution in [0.5, 0.6) is 0 Å². The first-order chi connectivity index (χ1) is 5.75. The average molecular weight is 163 g/mol. The summed E-state index contributed by atoms with van der Waals surface area (Å²) in [5.74, 6) is -0.705. The lowest BCUT2D eigenvalue weighted by molar-refractivity contribution is 0.0994. The molecule has 1 heterocycles. The standard InChI is InChI=1S/C6H5N5O/c1-4-5(6(12)10-11-7)9-3-2-8-4/h2-3H,1H3. The van der Waals surface area contributed by atoms with Gasteiger partial charge in [0, 0.05) is 17.3 Å². The Morgan fingerprint density at radius 1 is 1.58 bits per heavy atom. The lowest BCUT2D eigenvalue weighted by atomic mass is 10.3. The summed E-state index contributed by atoms with van der Waals surface area (Å²) in [6.07, 6.45) is 2.83. The molecule has 0 aliphatic carbocycles. The van der Waals surface area contributed by atoms with Crippen LogP contribution >= 0.6 is 0 Å². The van der Waals surface area contributed by atoms with Crippen molar-refractivity contribution in [2.24, 2.45) is 5.11 Å². The summed E-state index contributed by atoms with van der Waals surface area (Å²) in [7, 11) is 0. The second-order valence-electron chi connectivity index (χ2n) is 1.98. The normalized spacial score (nSPS) is 8.75. The highest BCUT2D eigenvalue weighted by atomic mass is 16.1. The predicted molar refractivity (Wildman–Crippen MR) is 40.2 cm³/mol. The summed E-state index contributed by atoms with van der Waals surface area (Å²) in [6, 6.07) is 0. The molecule has 0 radical (unpaired) electrons. The molecule has 0 fully saturated rings. The molecule has 0 saturated carbocycles. The van der Waals surface area contributed by atoms with Crippen molar-refractivity contribution in [1.82, 2.24) is 9.97 Å². The van der Waals surface area contributed by atoms with Gasteiger partial charge in [0.05, 0.1) is 5.69 Å². The van der Waals surface area contributed by atoms with Crippen LogP contribution in [-0.4, -0.2) is 15.9 Å². The van der Waals surface area contributed by atoms with Crippen LogP contribution in [0.2, 0.25) is 0 Å². The summed E-state index contributed by atoms with van der Waals surface area (Å²) in [5, 5.41) is 2.89. The number of hydrogen-bond acceptors (Lipinski definition) is 3. The predicted octanol–water partition coefficient (Wildman–Crippen LogP) is 1.24. The van der Waals surface area contributed by atoms with Crippen molar-refractivity contribution in [2.45, 2.75) is 6.92 Å². The van der Waals surface area contributed by atoms with Crippen LogP contribution in [0.25, 0.3) is 10.4 Å². The highest BCUT2D eigenvalue weighted by Gasteiger charge is 2.07. The minimum absolute atomic E-state index is 0.0929. The van der Waals surface area contributed by atoms with Crippen molar-refractivity contribution in [3.8, 4) is 0 Å². The van der Waals surface area contributed by atoms with Crippen LogP contribution in [0.15, 0.2) is 17.5 Å². The Morgan fingerprint density at radius 2 is 2.25 bits per heavy atom. The van der Waals surface area contributed by atoms with Crippen molar-refractivity contribution in [2.75, 3.05) is 0 Å². The number of aryl methyl sites for hydroxylation is 1. The SMILES string of the molecule is Cc1nccnc1C(=O)N=[N+]=[N-]. The Morgan fingerprint density at radius 3 is 2.83 bits per heavy atom. The molecule has 0 saturated heterocycles. The number of carbonyl (C=O) groups is 1. The third kappa shape index (κ3) is 1.56. The van der Waals surface area contributed by atoms with Crippen molar-refractivity contribution < 1.29 is 4.79 Å². The molecule has 0 N–H and O–H groups in total. The zero-order chi connectivity index (χ0) is 8.97. The van der Waals surface area contributed by atoms with E-state index in [1.54, 1.807) is 6.92 Å². The Balaban J connectivity index is 3.11. The summed E-state index contributed by atoms with van der Waals surface area (Å²) in [6.45, 7) is 1.62. The fourth-order valence-electron chi connectivity index (χ4n) is 0.706. The first kappa shape index (κ1) is 8.16. The Bertz CT molecular complexity index is 355. The van der Waals surface area contributed by atoms with Gasteiger partial charge in [-0.2, -0.15) is 0 Å². The van der Waals surface area contributed by atoms with E-state index in [4.69, 9.17) is 5.53 Å². The maximum Gasteiger partial charge on any atom is 0.269 e. The minimum Gasteiger partial charge on any atom is -0.285 e. The summed E-state index contributed by atoms with van der Waals surface area (Å²) in [5.41, 5.74) is 8.52. The van der Waals surface area contributed by atoms with Gasteiger partial charge in [0.25, 0.3) is 5.91 Å². The molecule has 1 rings (SSSR count). The molecule has 0 spiro atoms. The molecule has 6 heteroatoms. The lowest BCUT2D eigenvalue weighted by Crippen LogP contribution is -2.02. The second-order valence-corrected chi connectivity index (χ2v) is 1.98. The summed E-state index contributed by atoms with van der Waals surface area (Å²) >= 11 is 0. The van der Waals surface area contributed by atoms with E-state index in [2.05, 4.69) is 20.0 Å². The highest BCUT2D eigenvalue weighted by Crippen LogP contribution is 2.00. The third-order valence-electron chi connectivity index (χ3n) is 1.22. The quantitative estimate of drug-likeness (QED) is 0.354. The lowest BCUT2D eigenvalue weighted by Gasteiger charge is -1.95. The molecule has 0 aromatic carbocycles. The van der Waals surface area contributed by atoms with Crippen LogP contribution in [0.4, 0.5) is 0 Å². The maximum atomic E-state index is 10.9. The van der Waals surface area contributed by atoms with E-state index in [-0.39, 0.29) is 5.69 Å². The van der Waals surface area contributed by atoms with Gasteiger partial charge in [-0.25, -0.2) is 4.98 Å². The zero-order valence-corrected chi connectivity index (χ0v) is 6.30. The first-order valence-electron chi connectivity index (χ1n) is 3.12. The number of amides is 1. The molecule has 1 amide bonds. The number of azide groups is 1. The maximum absolute atomic E-state index is 10.9. The van der Waals surface area contributed by atoms with Gasteiger partial charge in [-0.1, -0.05) is 0 Å². The molecule has 1 aromatic heterocycles. The van der Waals surface area contributed by atoms with Crippen LogP contribution in [0, 0.1) is 6.92 Å². The third-order valence-corrected chi connectivity index (χ3v) is 1.22. The summed E-state index contributed by atoms with van der Waals surface area (Å²) in [4.78, 5) is 20.8. The van der Waals surface area contributed by atoms with Gasteiger partial charge in [-0.15, -0.1) is 0 Å². The van der Waals surface area contributed by atoms with E-state index in [0.29, 0.717) is 5.69 Å². The van der Waals surface area contributed by atoms with E-state index in [1.807, 2.05) is 0 Å². The van der Waals surface area contributed by atoms with Crippen molar-refractivity contribution in [3.63, 3.8) is 0 Å². The van der Waals surface area contributed by atoms with Crippen LogP contribution in [0.3, 0.4) is 0 Å². The van der Waals surface area contributed by atoms with Crippen LogP contribution in [-0.2, 0) is 0 Å². The molecule has 0 atom stereocenters. The Hall–Kier alpha value is -1.94.